The molecule has 2 N–H and O–H groups in total. The van der Waals surface area contributed by atoms with Gasteiger partial charge in [-0.2, -0.15) is 0 Å². The molecule has 1 heterocycles. The van der Waals surface area contributed by atoms with Gasteiger partial charge in [0.25, 0.3) is 0 Å². The number of carbonyl (C=O) groups excluding carboxylic acids is 1. The summed E-state index contributed by atoms with van der Waals surface area (Å²) in [5.74, 6) is 0.893. The highest BCUT2D eigenvalue weighted by Gasteiger charge is 2.36. The van der Waals surface area contributed by atoms with Gasteiger partial charge in [-0.15, -0.1) is 0 Å². The van der Waals surface area contributed by atoms with E-state index in [4.69, 9.17) is 0 Å². The van der Waals surface area contributed by atoms with Crippen molar-refractivity contribution in [1.29, 1.82) is 0 Å². The molecule has 2 aliphatic rings. The van der Waals surface area contributed by atoms with Gasteiger partial charge in [0.05, 0.1) is 5.92 Å². The number of nitrogens with one attached hydrogen (secondary N) is 2. The van der Waals surface area contributed by atoms with Crippen molar-refractivity contribution in [1.82, 2.24) is 5.32 Å². The van der Waals surface area contributed by atoms with Gasteiger partial charge in [-0.05, 0) is 30.4 Å². The summed E-state index contributed by atoms with van der Waals surface area (Å²) in [7, 11) is 0. The molecule has 3 nitrogen and oxygen atoms in total. The molecule has 3 rings (SSSR count). The van der Waals surface area contributed by atoms with Gasteiger partial charge in [0, 0.05) is 18.3 Å². The van der Waals surface area contributed by atoms with Crippen molar-refractivity contribution >= 4 is 11.6 Å². The van der Waals surface area contributed by atoms with Crippen LogP contribution in [0.2, 0.25) is 0 Å². The van der Waals surface area contributed by atoms with Crippen LogP contribution in [-0.2, 0) is 4.79 Å². The summed E-state index contributed by atoms with van der Waals surface area (Å²) in [4.78, 5) is 12.2. The number of carbonyl (C=O) groups is 1. The van der Waals surface area contributed by atoms with Gasteiger partial charge in [-0.25, -0.2) is 0 Å². The van der Waals surface area contributed by atoms with Crippen LogP contribution in [0.25, 0.3) is 0 Å². The van der Waals surface area contributed by atoms with Crippen LogP contribution >= 0.6 is 0 Å². The molecule has 0 spiro atoms. The first-order chi connectivity index (χ1) is 8.25. The standard InChI is InChI=1S/C14H18N2O/c1-9-8-13(9)16-14(17)11-6-7-15-12-5-3-2-4-10(11)12/h2-5,9,11,13,15H,6-8H2,1H3,(H,16,17). The van der Waals surface area contributed by atoms with Crippen LogP contribution in [0.4, 0.5) is 5.69 Å². The van der Waals surface area contributed by atoms with Crippen molar-refractivity contribution in [3.05, 3.63) is 29.8 Å². The largest absolute Gasteiger partial charge is 0.385 e. The van der Waals surface area contributed by atoms with Crippen LogP contribution in [0.5, 0.6) is 0 Å². The highest BCUT2D eigenvalue weighted by atomic mass is 16.2. The third-order valence-corrected chi connectivity index (χ3v) is 3.84. The number of benzene rings is 1. The van der Waals surface area contributed by atoms with Crippen LogP contribution in [-0.4, -0.2) is 18.5 Å². The Bertz CT molecular complexity index is 444. The monoisotopic (exact) mass is 230 g/mol. The molecule has 0 saturated heterocycles. The van der Waals surface area contributed by atoms with Crippen LogP contribution in [0.15, 0.2) is 24.3 Å². The van der Waals surface area contributed by atoms with Gasteiger partial charge in [0.1, 0.15) is 0 Å². The summed E-state index contributed by atoms with van der Waals surface area (Å²) >= 11 is 0. The summed E-state index contributed by atoms with van der Waals surface area (Å²) in [5.41, 5.74) is 2.26. The van der Waals surface area contributed by atoms with Crippen molar-refractivity contribution in [3.8, 4) is 0 Å². The Kier molecular flexibility index (Phi) is 2.54. The molecule has 0 aromatic heterocycles. The molecule has 0 bridgehead atoms. The lowest BCUT2D eigenvalue weighted by Gasteiger charge is -2.25. The smallest absolute Gasteiger partial charge is 0.227 e. The van der Waals surface area contributed by atoms with Gasteiger partial charge < -0.3 is 10.6 Å². The third-order valence-electron chi connectivity index (χ3n) is 3.84. The van der Waals surface area contributed by atoms with E-state index in [2.05, 4.69) is 29.7 Å². The first-order valence-electron chi connectivity index (χ1n) is 6.39. The maximum Gasteiger partial charge on any atom is 0.227 e. The van der Waals surface area contributed by atoms with Crippen molar-refractivity contribution in [2.45, 2.75) is 31.7 Å². The molecule has 3 unspecified atom stereocenters. The van der Waals surface area contributed by atoms with Crippen molar-refractivity contribution in [2.24, 2.45) is 5.92 Å². The number of rotatable bonds is 2. The zero-order valence-electron chi connectivity index (χ0n) is 10.1. The second-order valence-electron chi connectivity index (χ2n) is 5.18. The van der Waals surface area contributed by atoms with Crippen molar-refractivity contribution in [3.63, 3.8) is 0 Å². The van der Waals surface area contributed by atoms with Gasteiger partial charge in [-0.3, -0.25) is 4.79 Å². The lowest BCUT2D eigenvalue weighted by Crippen LogP contribution is -2.34. The zero-order chi connectivity index (χ0) is 11.8. The van der Waals surface area contributed by atoms with E-state index < -0.39 is 0 Å². The zero-order valence-corrected chi connectivity index (χ0v) is 10.1. The number of anilines is 1. The van der Waals surface area contributed by atoms with Crippen LogP contribution < -0.4 is 10.6 Å². The Morgan fingerprint density at radius 2 is 2.18 bits per heavy atom. The SMILES string of the molecule is CC1CC1NC(=O)C1CCNc2ccccc21. The molecule has 17 heavy (non-hydrogen) atoms. The minimum atomic E-state index is 0.0280. The quantitative estimate of drug-likeness (QED) is 0.817. The summed E-state index contributed by atoms with van der Waals surface area (Å²) < 4.78 is 0. The number of hydrogen-bond donors (Lipinski definition) is 2. The lowest BCUT2D eigenvalue weighted by atomic mass is 9.90. The first kappa shape index (κ1) is 10.6. The molecule has 1 aromatic rings. The second-order valence-corrected chi connectivity index (χ2v) is 5.18. The highest BCUT2D eigenvalue weighted by molar-refractivity contribution is 5.86. The molecule has 1 aliphatic heterocycles. The van der Waals surface area contributed by atoms with E-state index in [0.29, 0.717) is 12.0 Å². The molecule has 3 atom stereocenters. The van der Waals surface area contributed by atoms with Crippen LogP contribution in [0.3, 0.4) is 0 Å². The number of hydrogen-bond acceptors (Lipinski definition) is 2. The van der Waals surface area contributed by atoms with E-state index in [1.165, 1.54) is 0 Å². The fraction of sp³-hybridized carbons (Fsp3) is 0.500. The van der Waals surface area contributed by atoms with E-state index in [9.17, 15) is 4.79 Å². The van der Waals surface area contributed by atoms with E-state index in [0.717, 1.165) is 30.6 Å². The molecule has 3 heteroatoms. The molecule has 1 fully saturated rings. The highest BCUT2D eigenvalue weighted by Crippen LogP contribution is 2.34. The Morgan fingerprint density at radius 3 is 2.94 bits per heavy atom. The fourth-order valence-electron chi connectivity index (χ4n) is 2.55. The molecule has 1 saturated carbocycles. The predicted octanol–water partition coefficient (Wildman–Crippen LogP) is 2.11. The molecule has 0 radical (unpaired) electrons. The molecule has 1 aliphatic carbocycles. The molecule has 90 valence electrons. The third kappa shape index (κ3) is 2.02. The summed E-state index contributed by atoms with van der Waals surface area (Å²) in [6, 6.07) is 8.54. The van der Waals surface area contributed by atoms with Crippen molar-refractivity contribution in [2.75, 3.05) is 11.9 Å². The van der Waals surface area contributed by atoms with Gasteiger partial charge >= 0.3 is 0 Å². The average molecular weight is 230 g/mol. The minimum absolute atomic E-state index is 0.0280. The predicted molar refractivity (Wildman–Crippen MR) is 68.0 cm³/mol. The number of fused-ring (bicyclic) bond motifs is 1. The van der Waals surface area contributed by atoms with E-state index in [1.54, 1.807) is 0 Å². The molecular formula is C14H18N2O. The van der Waals surface area contributed by atoms with Crippen molar-refractivity contribution < 1.29 is 4.79 Å². The Balaban J connectivity index is 1.77. The van der Waals surface area contributed by atoms with Crippen LogP contribution in [0, 0.1) is 5.92 Å². The first-order valence-corrected chi connectivity index (χ1v) is 6.39. The van der Waals surface area contributed by atoms with E-state index >= 15 is 0 Å². The lowest BCUT2D eigenvalue weighted by molar-refractivity contribution is -0.122. The summed E-state index contributed by atoms with van der Waals surface area (Å²) in [6.07, 6.45) is 2.03. The van der Waals surface area contributed by atoms with E-state index in [1.807, 2.05) is 12.1 Å². The second kappa shape index (κ2) is 4.06. The molecule has 1 aromatic carbocycles. The normalized spacial score (nSPS) is 30.1. The molecule has 1 amide bonds. The van der Waals surface area contributed by atoms with Gasteiger partial charge in [0.2, 0.25) is 5.91 Å². The van der Waals surface area contributed by atoms with Gasteiger partial charge in [0.15, 0.2) is 0 Å². The Morgan fingerprint density at radius 1 is 1.41 bits per heavy atom. The van der Waals surface area contributed by atoms with Gasteiger partial charge in [-0.1, -0.05) is 25.1 Å². The summed E-state index contributed by atoms with van der Waals surface area (Å²) in [5, 5.41) is 6.49. The number of amides is 1. The number of para-hydroxylation sites is 1. The topological polar surface area (TPSA) is 41.1 Å². The average Bonchev–Trinajstić information content (AvgIpc) is 3.04. The fourth-order valence-corrected chi connectivity index (χ4v) is 2.55. The van der Waals surface area contributed by atoms with E-state index in [-0.39, 0.29) is 11.8 Å². The Labute approximate surface area is 102 Å². The minimum Gasteiger partial charge on any atom is -0.385 e. The van der Waals surface area contributed by atoms with Crippen LogP contribution in [0.1, 0.15) is 31.2 Å². The maximum absolute atomic E-state index is 12.2. The summed E-state index contributed by atoms with van der Waals surface area (Å²) in [6.45, 7) is 3.07. The maximum atomic E-state index is 12.2. The Hall–Kier alpha value is -1.51. The molecular weight excluding hydrogens is 212 g/mol.